The van der Waals surface area contributed by atoms with Crippen LogP contribution in [0.15, 0.2) is 65.2 Å². The van der Waals surface area contributed by atoms with E-state index >= 15 is 0 Å². The van der Waals surface area contributed by atoms with E-state index in [2.05, 4.69) is 25.3 Å². The lowest BCUT2D eigenvalue weighted by molar-refractivity contribution is 0.516. The third-order valence-corrected chi connectivity index (χ3v) is 5.13. The molecular formula is C22H14FN7O. The average Bonchev–Trinajstić information content (AvgIpc) is 3.42. The molecule has 2 N–H and O–H groups in total. The third-order valence-electron chi connectivity index (χ3n) is 5.13. The first-order valence-electron chi connectivity index (χ1n) is 9.55. The van der Waals surface area contributed by atoms with Gasteiger partial charge in [0, 0.05) is 17.0 Å². The molecule has 0 bridgehead atoms. The quantitative estimate of drug-likeness (QED) is 0.472. The van der Waals surface area contributed by atoms with Crippen LogP contribution in [0.3, 0.4) is 0 Å². The smallest absolute Gasteiger partial charge is 0.268 e. The number of anilines is 1. The van der Waals surface area contributed by atoms with Gasteiger partial charge in [-0.1, -0.05) is 30.3 Å². The highest BCUT2D eigenvalue weighted by Gasteiger charge is 2.17. The van der Waals surface area contributed by atoms with Gasteiger partial charge in [0.1, 0.15) is 11.3 Å². The van der Waals surface area contributed by atoms with Crippen LogP contribution >= 0.6 is 0 Å². The molecule has 6 aromatic rings. The number of hydrogen-bond donors (Lipinski definition) is 1. The van der Waals surface area contributed by atoms with Gasteiger partial charge in [-0.3, -0.25) is 4.98 Å². The van der Waals surface area contributed by atoms with Gasteiger partial charge in [0.25, 0.3) is 5.89 Å². The summed E-state index contributed by atoms with van der Waals surface area (Å²) < 4.78 is 21.4. The number of halogens is 1. The lowest BCUT2D eigenvalue weighted by atomic mass is 10.1. The van der Waals surface area contributed by atoms with Crippen molar-refractivity contribution >= 4 is 33.3 Å². The van der Waals surface area contributed by atoms with Crippen LogP contribution in [-0.4, -0.2) is 29.8 Å². The molecule has 0 saturated heterocycles. The molecule has 0 spiro atoms. The van der Waals surface area contributed by atoms with Crippen LogP contribution in [0, 0.1) is 5.82 Å². The predicted octanol–water partition coefficient (Wildman–Crippen LogP) is 3.79. The van der Waals surface area contributed by atoms with Gasteiger partial charge in [-0.15, -0.1) is 10.2 Å². The summed E-state index contributed by atoms with van der Waals surface area (Å²) in [5.41, 5.74) is 9.13. The fourth-order valence-electron chi connectivity index (χ4n) is 3.67. The number of nitrogens with two attached hydrogens (primary N) is 1. The number of nitrogen functional groups attached to an aromatic ring is 1. The zero-order chi connectivity index (χ0) is 20.9. The molecule has 0 aliphatic heterocycles. The molecule has 4 heterocycles. The number of nitrogens with zero attached hydrogens (tertiary/aromatic N) is 6. The first-order chi connectivity index (χ1) is 15.2. The summed E-state index contributed by atoms with van der Waals surface area (Å²) in [5, 5.41) is 14.4. The fourth-order valence-corrected chi connectivity index (χ4v) is 3.67. The van der Waals surface area contributed by atoms with E-state index in [9.17, 15) is 4.39 Å². The Balaban J connectivity index is 1.38. The molecule has 0 saturated carbocycles. The van der Waals surface area contributed by atoms with Gasteiger partial charge in [0.15, 0.2) is 5.69 Å². The van der Waals surface area contributed by atoms with Gasteiger partial charge in [0.05, 0.1) is 17.5 Å². The van der Waals surface area contributed by atoms with E-state index in [0.29, 0.717) is 28.9 Å². The normalized spacial score (nSPS) is 11.6. The van der Waals surface area contributed by atoms with Crippen LogP contribution < -0.4 is 5.73 Å². The number of benzene rings is 2. The van der Waals surface area contributed by atoms with Gasteiger partial charge >= 0.3 is 0 Å². The SMILES string of the molecule is Nc1nc2c(F)cccc2c2cc(-c3nnc(Cc4ccc5cccnc5c4)o3)nn12. The average molecular weight is 411 g/mol. The summed E-state index contributed by atoms with van der Waals surface area (Å²) in [6.07, 6.45) is 2.22. The maximum atomic E-state index is 14.1. The van der Waals surface area contributed by atoms with Crippen molar-refractivity contribution in [2.24, 2.45) is 0 Å². The minimum Gasteiger partial charge on any atom is -0.419 e. The molecule has 2 aromatic carbocycles. The van der Waals surface area contributed by atoms with Gasteiger partial charge in [-0.25, -0.2) is 9.37 Å². The Morgan fingerprint density at radius 2 is 1.97 bits per heavy atom. The molecule has 0 atom stereocenters. The summed E-state index contributed by atoms with van der Waals surface area (Å²) >= 11 is 0. The summed E-state index contributed by atoms with van der Waals surface area (Å²) in [4.78, 5) is 8.50. The molecule has 0 aliphatic rings. The summed E-state index contributed by atoms with van der Waals surface area (Å²) in [7, 11) is 0. The second-order valence-corrected chi connectivity index (χ2v) is 7.14. The Kier molecular flexibility index (Phi) is 3.69. The Hall–Kier alpha value is -4.40. The zero-order valence-corrected chi connectivity index (χ0v) is 16.0. The first-order valence-corrected chi connectivity index (χ1v) is 9.55. The van der Waals surface area contributed by atoms with Gasteiger partial charge in [-0.05, 0) is 29.8 Å². The van der Waals surface area contributed by atoms with Crippen molar-refractivity contribution in [2.45, 2.75) is 6.42 Å². The van der Waals surface area contributed by atoms with E-state index in [1.54, 1.807) is 24.4 Å². The lowest BCUT2D eigenvalue weighted by Gasteiger charge is -2.03. The molecule has 150 valence electrons. The van der Waals surface area contributed by atoms with Crippen molar-refractivity contribution in [1.29, 1.82) is 0 Å². The van der Waals surface area contributed by atoms with E-state index in [1.165, 1.54) is 10.6 Å². The number of fused-ring (bicyclic) bond motifs is 4. The van der Waals surface area contributed by atoms with Crippen LogP contribution in [0.5, 0.6) is 0 Å². The van der Waals surface area contributed by atoms with Crippen LogP contribution in [0.25, 0.3) is 38.9 Å². The van der Waals surface area contributed by atoms with Crippen molar-refractivity contribution in [1.82, 2.24) is 29.8 Å². The molecule has 31 heavy (non-hydrogen) atoms. The number of pyridine rings is 1. The van der Waals surface area contributed by atoms with Crippen LogP contribution in [-0.2, 0) is 6.42 Å². The molecule has 0 fully saturated rings. The van der Waals surface area contributed by atoms with Gasteiger partial charge < -0.3 is 10.2 Å². The number of rotatable bonds is 3. The van der Waals surface area contributed by atoms with Gasteiger partial charge in [0.2, 0.25) is 11.8 Å². The second kappa shape index (κ2) is 6.56. The molecule has 0 amide bonds. The van der Waals surface area contributed by atoms with Crippen LogP contribution in [0.1, 0.15) is 11.5 Å². The molecule has 9 heteroatoms. The summed E-state index contributed by atoms with van der Waals surface area (Å²) in [6.45, 7) is 0. The van der Waals surface area contributed by atoms with Crippen molar-refractivity contribution in [3.63, 3.8) is 0 Å². The highest BCUT2D eigenvalue weighted by atomic mass is 19.1. The summed E-state index contributed by atoms with van der Waals surface area (Å²) in [6, 6.07) is 16.4. The van der Waals surface area contributed by atoms with Crippen LogP contribution in [0.2, 0.25) is 0 Å². The Labute approximate surface area is 174 Å². The Morgan fingerprint density at radius 3 is 2.90 bits per heavy atom. The van der Waals surface area contributed by atoms with Crippen molar-refractivity contribution in [3.8, 4) is 11.6 Å². The van der Waals surface area contributed by atoms with Crippen molar-refractivity contribution < 1.29 is 8.81 Å². The zero-order valence-electron chi connectivity index (χ0n) is 16.0. The second-order valence-electron chi connectivity index (χ2n) is 7.14. The highest BCUT2D eigenvalue weighted by molar-refractivity contribution is 5.95. The van der Waals surface area contributed by atoms with Gasteiger partial charge in [-0.2, -0.15) is 9.61 Å². The van der Waals surface area contributed by atoms with Crippen molar-refractivity contribution in [2.75, 3.05) is 5.73 Å². The third kappa shape index (κ3) is 2.86. The Morgan fingerprint density at radius 1 is 1.03 bits per heavy atom. The lowest BCUT2D eigenvalue weighted by Crippen LogP contribution is -2.03. The number of para-hydroxylation sites is 1. The molecule has 0 aliphatic carbocycles. The Bertz CT molecular complexity index is 1600. The van der Waals surface area contributed by atoms with E-state index in [0.717, 1.165) is 16.5 Å². The number of aromatic nitrogens is 6. The van der Waals surface area contributed by atoms with Crippen molar-refractivity contribution in [3.05, 3.63) is 78.1 Å². The minimum atomic E-state index is -0.445. The number of hydrogen-bond acceptors (Lipinski definition) is 7. The molecule has 4 aromatic heterocycles. The van der Waals surface area contributed by atoms with Crippen LogP contribution in [0.4, 0.5) is 10.3 Å². The molecule has 6 rings (SSSR count). The molecule has 8 nitrogen and oxygen atoms in total. The maximum Gasteiger partial charge on any atom is 0.268 e. The highest BCUT2D eigenvalue weighted by Crippen LogP contribution is 2.27. The predicted molar refractivity (Wildman–Crippen MR) is 113 cm³/mol. The molecule has 0 unspecified atom stereocenters. The first kappa shape index (κ1) is 17.5. The fraction of sp³-hybridized carbons (Fsp3) is 0.0455. The topological polar surface area (TPSA) is 108 Å². The minimum absolute atomic E-state index is 0.0715. The summed E-state index contributed by atoms with van der Waals surface area (Å²) in [5.74, 6) is 0.326. The van der Waals surface area contributed by atoms with E-state index in [1.807, 2.05) is 30.3 Å². The maximum absolute atomic E-state index is 14.1. The van der Waals surface area contributed by atoms with E-state index in [-0.39, 0.29) is 17.4 Å². The van der Waals surface area contributed by atoms with E-state index in [4.69, 9.17) is 10.2 Å². The van der Waals surface area contributed by atoms with E-state index < -0.39 is 5.82 Å². The largest absolute Gasteiger partial charge is 0.419 e. The molecular weight excluding hydrogens is 397 g/mol. The standard InChI is InChI=1S/C22H14FN7O/c23-15-5-1-4-14-18-11-17(29-30(18)22(24)26-20(14)15)21-28-27-19(31-21)10-12-6-7-13-3-2-8-25-16(13)9-12/h1-9,11H,10H2,(H2,24,26). The molecule has 0 radical (unpaired) electrons. The monoisotopic (exact) mass is 411 g/mol.